The van der Waals surface area contributed by atoms with Gasteiger partial charge < -0.3 is 9.47 Å². The summed E-state index contributed by atoms with van der Waals surface area (Å²) >= 11 is 5.88. The van der Waals surface area contributed by atoms with E-state index < -0.39 is 0 Å². The van der Waals surface area contributed by atoms with Crippen molar-refractivity contribution >= 4 is 17.5 Å². The van der Waals surface area contributed by atoms with Crippen LogP contribution >= 0.6 is 11.6 Å². The molecule has 1 fully saturated rings. The van der Waals surface area contributed by atoms with Crippen LogP contribution in [-0.2, 0) is 0 Å². The number of hydrogen-bond acceptors (Lipinski definition) is 1. The Morgan fingerprint density at radius 1 is 1.00 bits per heavy atom. The van der Waals surface area contributed by atoms with E-state index in [-0.39, 0.29) is 5.91 Å². The highest BCUT2D eigenvalue weighted by Crippen LogP contribution is 2.27. The fourth-order valence-corrected chi connectivity index (χ4v) is 3.48. The Balaban J connectivity index is 1.67. The Morgan fingerprint density at radius 3 is 2.09 bits per heavy atom. The number of benzene rings is 1. The van der Waals surface area contributed by atoms with Gasteiger partial charge in [0.05, 0.1) is 0 Å². The van der Waals surface area contributed by atoms with Crippen molar-refractivity contribution in [1.29, 1.82) is 0 Å². The third-order valence-electron chi connectivity index (χ3n) is 4.53. The van der Waals surface area contributed by atoms with Gasteiger partial charge in [0, 0.05) is 41.1 Å². The number of piperidine rings is 1. The molecular formula is C18H21ClN2O. The van der Waals surface area contributed by atoms with Crippen LogP contribution < -0.4 is 0 Å². The maximum Gasteiger partial charge on any atom is 0.253 e. The number of carbonyl (C=O) groups excluding carboxylic acids is 1. The van der Waals surface area contributed by atoms with Crippen LogP contribution in [-0.4, -0.2) is 28.5 Å². The van der Waals surface area contributed by atoms with Gasteiger partial charge in [0.15, 0.2) is 0 Å². The minimum absolute atomic E-state index is 0.107. The first kappa shape index (κ1) is 15.2. The lowest BCUT2D eigenvalue weighted by Gasteiger charge is -2.34. The van der Waals surface area contributed by atoms with Gasteiger partial charge >= 0.3 is 0 Å². The molecule has 22 heavy (non-hydrogen) atoms. The van der Waals surface area contributed by atoms with Gasteiger partial charge in [0.2, 0.25) is 0 Å². The third kappa shape index (κ3) is 2.91. The molecule has 3 nitrogen and oxygen atoms in total. The number of likely N-dealkylation sites (tertiary alicyclic amines) is 1. The quantitative estimate of drug-likeness (QED) is 0.813. The summed E-state index contributed by atoms with van der Waals surface area (Å²) in [5, 5.41) is 0.661. The molecule has 1 amide bonds. The van der Waals surface area contributed by atoms with E-state index in [0.29, 0.717) is 11.1 Å². The Bertz CT molecular complexity index is 647. The van der Waals surface area contributed by atoms with E-state index in [1.807, 2.05) is 4.90 Å². The zero-order chi connectivity index (χ0) is 15.7. The minimum Gasteiger partial charge on any atom is -0.346 e. The molecule has 116 valence electrons. The van der Waals surface area contributed by atoms with Crippen LogP contribution in [0.3, 0.4) is 0 Å². The summed E-state index contributed by atoms with van der Waals surface area (Å²) in [6.07, 6.45) is 2.02. The molecular weight excluding hydrogens is 296 g/mol. The van der Waals surface area contributed by atoms with Crippen LogP contribution in [0.15, 0.2) is 36.4 Å². The Morgan fingerprint density at radius 2 is 1.55 bits per heavy atom. The monoisotopic (exact) mass is 316 g/mol. The standard InChI is InChI=1S/C18H21ClN2O/c1-13-3-4-14(2)21(13)17-9-11-20(12-10-17)18(22)15-5-7-16(19)8-6-15/h3-8,17H,9-12H2,1-2H3. The zero-order valence-electron chi connectivity index (χ0n) is 13.1. The van der Waals surface area contributed by atoms with Crippen molar-refractivity contribution in [2.45, 2.75) is 32.7 Å². The molecule has 2 aromatic rings. The molecule has 1 saturated heterocycles. The second-order valence-electron chi connectivity index (χ2n) is 6.02. The van der Waals surface area contributed by atoms with Crippen molar-refractivity contribution in [2.75, 3.05) is 13.1 Å². The van der Waals surface area contributed by atoms with Gasteiger partial charge in [-0.15, -0.1) is 0 Å². The molecule has 0 spiro atoms. The molecule has 0 unspecified atom stereocenters. The highest BCUT2D eigenvalue weighted by atomic mass is 35.5. The van der Waals surface area contributed by atoms with E-state index in [1.165, 1.54) is 11.4 Å². The highest BCUT2D eigenvalue weighted by Gasteiger charge is 2.25. The number of carbonyl (C=O) groups is 1. The first-order chi connectivity index (χ1) is 10.6. The average molecular weight is 317 g/mol. The smallest absolute Gasteiger partial charge is 0.253 e. The molecule has 1 aliphatic rings. The molecule has 1 aromatic carbocycles. The van der Waals surface area contributed by atoms with Gasteiger partial charge in [-0.2, -0.15) is 0 Å². The van der Waals surface area contributed by atoms with E-state index in [9.17, 15) is 4.79 Å². The van der Waals surface area contributed by atoms with Gasteiger partial charge in [0.1, 0.15) is 0 Å². The summed E-state index contributed by atoms with van der Waals surface area (Å²) in [6, 6.07) is 12.0. The highest BCUT2D eigenvalue weighted by molar-refractivity contribution is 6.30. The molecule has 2 heterocycles. The molecule has 0 aliphatic carbocycles. The van der Waals surface area contributed by atoms with Crippen molar-refractivity contribution in [1.82, 2.24) is 9.47 Å². The van der Waals surface area contributed by atoms with Crippen molar-refractivity contribution in [2.24, 2.45) is 0 Å². The zero-order valence-corrected chi connectivity index (χ0v) is 13.8. The molecule has 0 radical (unpaired) electrons. The van der Waals surface area contributed by atoms with Gasteiger partial charge in [0.25, 0.3) is 5.91 Å². The number of aromatic nitrogens is 1. The van der Waals surface area contributed by atoms with Crippen LogP contribution in [0.1, 0.15) is 40.6 Å². The summed E-state index contributed by atoms with van der Waals surface area (Å²) in [6.45, 7) is 5.92. The number of rotatable bonds is 2. The number of aryl methyl sites for hydroxylation is 2. The Hall–Kier alpha value is -1.74. The molecule has 3 rings (SSSR count). The fraction of sp³-hybridized carbons (Fsp3) is 0.389. The lowest BCUT2D eigenvalue weighted by molar-refractivity contribution is 0.0693. The Kier molecular flexibility index (Phi) is 4.25. The first-order valence-corrected chi connectivity index (χ1v) is 8.13. The van der Waals surface area contributed by atoms with E-state index in [4.69, 9.17) is 11.6 Å². The second-order valence-corrected chi connectivity index (χ2v) is 6.45. The number of nitrogens with zero attached hydrogens (tertiary/aromatic N) is 2. The summed E-state index contributed by atoms with van der Waals surface area (Å²) in [4.78, 5) is 14.5. The number of amides is 1. The second kappa shape index (κ2) is 6.17. The van der Waals surface area contributed by atoms with Crippen molar-refractivity contribution in [3.63, 3.8) is 0 Å². The molecule has 0 saturated carbocycles. The largest absolute Gasteiger partial charge is 0.346 e. The maximum absolute atomic E-state index is 12.5. The van der Waals surface area contributed by atoms with Gasteiger partial charge in [-0.3, -0.25) is 4.79 Å². The summed E-state index contributed by atoms with van der Waals surface area (Å²) in [7, 11) is 0. The van der Waals surface area contributed by atoms with Gasteiger partial charge in [-0.25, -0.2) is 0 Å². The maximum atomic E-state index is 12.5. The molecule has 0 bridgehead atoms. The summed E-state index contributed by atoms with van der Waals surface area (Å²) < 4.78 is 2.41. The summed E-state index contributed by atoms with van der Waals surface area (Å²) in [5.41, 5.74) is 3.33. The van der Waals surface area contributed by atoms with Gasteiger partial charge in [-0.05, 0) is 63.1 Å². The normalized spacial score (nSPS) is 16.0. The van der Waals surface area contributed by atoms with Crippen LogP contribution in [0.5, 0.6) is 0 Å². The van der Waals surface area contributed by atoms with Crippen LogP contribution in [0.25, 0.3) is 0 Å². The Labute approximate surface area is 136 Å². The van der Waals surface area contributed by atoms with E-state index in [2.05, 4.69) is 30.5 Å². The van der Waals surface area contributed by atoms with E-state index in [0.717, 1.165) is 31.5 Å². The average Bonchev–Trinajstić information content (AvgIpc) is 2.86. The minimum atomic E-state index is 0.107. The van der Waals surface area contributed by atoms with Crippen molar-refractivity contribution in [3.05, 3.63) is 58.4 Å². The van der Waals surface area contributed by atoms with Crippen LogP contribution in [0.4, 0.5) is 0 Å². The van der Waals surface area contributed by atoms with Crippen LogP contribution in [0, 0.1) is 13.8 Å². The number of halogens is 1. The first-order valence-electron chi connectivity index (χ1n) is 7.75. The van der Waals surface area contributed by atoms with Gasteiger partial charge in [-0.1, -0.05) is 11.6 Å². The van der Waals surface area contributed by atoms with Crippen molar-refractivity contribution < 1.29 is 4.79 Å². The molecule has 0 atom stereocenters. The lowest BCUT2D eigenvalue weighted by atomic mass is 10.0. The van der Waals surface area contributed by atoms with Crippen LogP contribution in [0.2, 0.25) is 5.02 Å². The van der Waals surface area contributed by atoms with Crippen molar-refractivity contribution in [3.8, 4) is 0 Å². The SMILES string of the molecule is Cc1ccc(C)n1C1CCN(C(=O)c2ccc(Cl)cc2)CC1. The predicted octanol–water partition coefficient (Wildman–Crippen LogP) is 4.24. The third-order valence-corrected chi connectivity index (χ3v) is 4.79. The molecule has 1 aromatic heterocycles. The van der Waals surface area contributed by atoms with E-state index in [1.54, 1.807) is 24.3 Å². The predicted molar refractivity (Wildman–Crippen MR) is 89.5 cm³/mol. The molecule has 0 N–H and O–H groups in total. The summed E-state index contributed by atoms with van der Waals surface area (Å²) in [5.74, 6) is 0.107. The number of hydrogen-bond donors (Lipinski definition) is 0. The fourth-order valence-electron chi connectivity index (χ4n) is 3.36. The lowest BCUT2D eigenvalue weighted by Crippen LogP contribution is -2.39. The topological polar surface area (TPSA) is 25.2 Å². The van der Waals surface area contributed by atoms with E-state index >= 15 is 0 Å². The molecule has 4 heteroatoms. The molecule has 1 aliphatic heterocycles.